The first-order valence-corrected chi connectivity index (χ1v) is 11.6. The number of ether oxygens (including phenoxy) is 1. The third-order valence-electron chi connectivity index (χ3n) is 6.18. The van der Waals surface area contributed by atoms with Crippen molar-refractivity contribution >= 4 is 22.5 Å². The number of alkyl halides is 3. The van der Waals surface area contributed by atoms with Crippen molar-refractivity contribution in [2.75, 3.05) is 31.6 Å². The highest BCUT2D eigenvalue weighted by Crippen LogP contribution is 2.34. The molecule has 1 saturated heterocycles. The number of hydrogen-bond acceptors (Lipinski definition) is 4. The lowest BCUT2D eigenvalue weighted by atomic mass is 9.99. The van der Waals surface area contributed by atoms with Crippen molar-refractivity contribution in [2.24, 2.45) is 0 Å². The Morgan fingerprint density at radius 3 is 2.44 bits per heavy atom. The van der Waals surface area contributed by atoms with E-state index in [9.17, 15) is 18.0 Å². The number of benzene rings is 3. The van der Waals surface area contributed by atoms with Gasteiger partial charge in [0.2, 0.25) is 0 Å². The molecule has 8 heteroatoms. The predicted octanol–water partition coefficient (Wildman–Crippen LogP) is 6.01. The maximum Gasteiger partial charge on any atom is 0.416 e. The fourth-order valence-electron chi connectivity index (χ4n) is 4.28. The van der Waals surface area contributed by atoms with Gasteiger partial charge in [-0.3, -0.25) is 9.69 Å². The van der Waals surface area contributed by atoms with Crippen LogP contribution in [-0.4, -0.2) is 42.1 Å². The third kappa shape index (κ3) is 5.40. The van der Waals surface area contributed by atoms with Gasteiger partial charge in [0.1, 0.15) is 5.69 Å². The number of aromatic nitrogens is 1. The van der Waals surface area contributed by atoms with E-state index in [4.69, 9.17) is 4.74 Å². The van der Waals surface area contributed by atoms with E-state index < -0.39 is 17.6 Å². The first-order valence-electron chi connectivity index (χ1n) is 11.6. The Morgan fingerprint density at radius 1 is 0.944 bits per heavy atom. The highest BCUT2D eigenvalue weighted by Gasteiger charge is 2.30. The van der Waals surface area contributed by atoms with Gasteiger partial charge < -0.3 is 10.1 Å². The van der Waals surface area contributed by atoms with Crippen molar-refractivity contribution in [3.63, 3.8) is 0 Å². The SMILES string of the molecule is O=C(Nc1ccc(CN2CCOCC2)cc1)c1ccc2cccc(-c3cccc(C(F)(F)F)c3)c2n1. The summed E-state index contributed by atoms with van der Waals surface area (Å²) >= 11 is 0. The number of morpholine rings is 1. The summed E-state index contributed by atoms with van der Waals surface area (Å²) in [5.74, 6) is -0.392. The molecule has 0 saturated carbocycles. The topological polar surface area (TPSA) is 54.5 Å². The molecule has 1 aliphatic rings. The van der Waals surface area contributed by atoms with Gasteiger partial charge in [-0.25, -0.2) is 4.98 Å². The molecule has 3 aromatic carbocycles. The molecule has 1 amide bonds. The number of nitrogens with zero attached hydrogens (tertiary/aromatic N) is 2. The first-order chi connectivity index (χ1) is 17.4. The van der Waals surface area contributed by atoms with Crippen molar-refractivity contribution in [3.05, 3.63) is 95.7 Å². The molecule has 0 aliphatic carbocycles. The molecule has 0 bridgehead atoms. The first kappa shape index (κ1) is 24.0. The lowest BCUT2D eigenvalue weighted by Gasteiger charge is -2.26. The van der Waals surface area contributed by atoms with Crippen molar-refractivity contribution in [3.8, 4) is 11.1 Å². The molecule has 1 N–H and O–H groups in total. The molecule has 2 heterocycles. The van der Waals surface area contributed by atoms with Crippen molar-refractivity contribution in [1.29, 1.82) is 0 Å². The summed E-state index contributed by atoms with van der Waals surface area (Å²) in [5.41, 5.74) is 2.60. The minimum atomic E-state index is -4.45. The standard InChI is InChI=1S/C28H24F3N3O2/c29-28(30,31)22-5-1-4-21(17-22)24-6-2-3-20-9-12-25(33-26(20)24)27(35)32-23-10-7-19(8-11-23)18-34-13-15-36-16-14-34/h1-12,17H,13-16,18H2,(H,32,35). The average molecular weight is 492 g/mol. The van der Waals surface area contributed by atoms with Crippen molar-refractivity contribution < 1.29 is 22.7 Å². The number of amides is 1. The van der Waals surface area contributed by atoms with E-state index in [0.29, 0.717) is 22.3 Å². The van der Waals surface area contributed by atoms with E-state index >= 15 is 0 Å². The number of carbonyl (C=O) groups is 1. The summed E-state index contributed by atoms with van der Waals surface area (Å²) < 4.78 is 45.1. The molecule has 36 heavy (non-hydrogen) atoms. The number of fused-ring (bicyclic) bond motifs is 1. The molecule has 0 atom stereocenters. The van der Waals surface area contributed by atoms with Crippen molar-refractivity contribution in [2.45, 2.75) is 12.7 Å². The zero-order valence-electron chi connectivity index (χ0n) is 19.4. The monoisotopic (exact) mass is 491 g/mol. The largest absolute Gasteiger partial charge is 0.416 e. The van der Waals surface area contributed by atoms with Gasteiger partial charge >= 0.3 is 6.18 Å². The molecule has 4 aromatic rings. The Labute approximate surface area is 206 Å². The Morgan fingerprint density at radius 2 is 1.69 bits per heavy atom. The summed E-state index contributed by atoms with van der Waals surface area (Å²) in [7, 11) is 0. The van der Waals surface area contributed by atoms with Gasteiger partial charge in [0.05, 0.1) is 24.3 Å². The van der Waals surface area contributed by atoms with Gasteiger partial charge in [0.15, 0.2) is 0 Å². The number of carbonyl (C=O) groups excluding carboxylic acids is 1. The van der Waals surface area contributed by atoms with Gasteiger partial charge in [0, 0.05) is 36.3 Å². The molecule has 0 spiro atoms. The highest BCUT2D eigenvalue weighted by atomic mass is 19.4. The Bertz CT molecular complexity index is 1380. The molecule has 0 unspecified atom stereocenters. The predicted molar refractivity (Wildman–Crippen MR) is 133 cm³/mol. The number of rotatable bonds is 5. The molecule has 0 radical (unpaired) electrons. The molecule has 1 aromatic heterocycles. The van der Waals surface area contributed by atoms with Gasteiger partial charge in [-0.1, -0.05) is 48.5 Å². The minimum absolute atomic E-state index is 0.180. The van der Waals surface area contributed by atoms with Gasteiger partial charge in [0.25, 0.3) is 5.91 Å². The normalized spacial score (nSPS) is 14.6. The molecule has 5 nitrogen and oxygen atoms in total. The van der Waals surface area contributed by atoms with Crippen LogP contribution in [0.5, 0.6) is 0 Å². The molecule has 1 aliphatic heterocycles. The van der Waals surface area contributed by atoms with Crippen LogP contribution in [0, 0.1) is 0 Å². The van der Waals surface area contributed by atoms with Crippen molar-refractivity contribution in [1.82, 2.24) is 9.88 Å². The van der Waals surface area contributed by atoms with Crippen LogP contribution in [0.3, 0.4) is 0 Å². The smallest absolute Gasteiger partial charge is 0.379 e. The second kappa shape index (κ2) is 10.1. The van der Waals surface area contributed by atoms with E-state index in [-0.39, 0.29) is 5.69 Å². The quantitative estimate of drug-likeness (QED) is 0.372. The van der Waals surface area contributed by atoms with Crippen LogP contribution < -0.4 is 5.32 Å². The third-order valence-corrected chi connectivity index (χ3v) is 6.18. The molecular formula is C28H24F3N3O2. The summed E-state index contributed by atoms with van der Waals surface area (Å²) in [4.78, 5) is 19.8. The van der Waals surface area contributed by atoms with Crippen LogP contribution in [0.2, 0.25) is 0 Å². The van der Waals surface area contributed by atoms with Crippen LogP contribution >= 0.6 is 0 Å². The second-order valence-electron chi connectivity index (χ2n) is 8.69. The molecule has 1 fully saturated rings. The molecule has 184 valence electrons. The Kier molecular flexibility index (Phi) is 6.71. The highest BCUT2D eigenvalue weighted by molar-refractivity contribution is 6.05. The van der Waals surface area contributed by atoms with Crippen LogP contribution in [0.1, 0.15) is 21.6 Å². The van der Waals surface area contributed by atoms with E-state index in [0.717, 1.165) is 55.9 Å². The van der Waals surface area contributed by atoms with E-state index in [2.05, 4.69) is 15.2 Å². The van der Waals surface area contributed by atoms with Crippen LogP contribution in [0.15, 0.2) is 78.9 Å². The van der Waals surface area contributed by atoms with Crippen LogP contribution in [-0.2, 0) is 17.5 Å². The van der Waals surface area contributed by atoms with E-state index in [1.165, 1.54) is 6.07 Å². The lowest BCUT2D eigenvalue weighted by molar-refractivity contribution is -0.137. The second-order valence-corrected chi connectivity index (χ2v) is 8.69. The maximum atomic E-state index is 13.2. The average Bonchev–Trinajstić information content (AvgIpc) is 2.89. The number of hydrogen-bond donors (Lipinski definition) is 1. The number of para-hydroxylation sites is 1. The van der Waals surface area contributed by atoms with E-state index in [1.54, 1.807) is 30.3 Å². The fourth-order valence-corrected chi connectivity index (χ4v) is 4.28. The Balaban J connectivity index is 1.36. The minimum Gasteiger partial charge on any atom is -0.379 e. The summed E-state index contributed by atoms with van der Waals surface area (Å²) in [6.07, 6.45) is -4.45. The van der Waals surface area contributed by atoms with Gasteiger partial charge in [-0.2, -0.15) is 13.2 Å². The summed E-state index contributed by atoms with van der Waals surface area (Å²) in [6.45, 7) is 4.09. The van der Waals surface area contributed by atoms with Gasteiger partial charge in [-0.15, -0.1) is 0 Å². The summed E-state index contributed by atoms with van der Waals surface area (Å²) in [6, 6.07) is 21.4. The number of pyridine rings is 1. The van der Waals surface area contributed by atoms with Crippen LogP contribution in [0.4, 0.5) is 18.9 Å². The Hall–Kier alpha value is -3.75. The molecular weight excluding hydrogens is 467 g/mol. The number of nitrogens with one attached hydrogen (secondary N) is 1. The summed E-state index contributed by atoms with van der Waals surface area (Å²) in [5, 5.41) is 3.59. The zero-order valence-corrected chi connectivity index (χ0v) is 19.4. The maximum absolute atomic E-state index is 13.2. The fraction of sp³-hybridized carbons (Fsp3) is 0.214. The van der Waals surface area contributed by atoms with Gasteiger partial charge in [-0.05, 0) is 41.5 Å². The van der Waals surface area contributed by atoms with Crippen LogP contribution in [0.25, 0.3) is 22.0 Å². The lowest BCUT2D eigenvalue weighted by Crippen LogP contribution is -2.35. The number of halogens is 3. The number of anilines is 1. The van der Waals surface area contributed by atoms with E-state index in [1.807, 2.05) is 30.3 Å². The zero-order chi connectivity index (χ0) is 25.1. The molecule has 5 rings (SSSR count).